The van der Waals surface area contributed by atoms with Gasteiger partial charge >= 0.3 is 0 Å². The van der Waals surface area contributed by atoms with Crippen LogP contribution in [-0.2, 0) is 0 Å². The van der Waals surface area contributed by atoms with Crippen molar-refractivity contribution in [1.29, 1.82) is 0 Å². The smallest absolute Gasteiger partial charge is 0.0211 e. The molecule has 0 nitrogen and oxygen atoms in total. The van der Waals surface area contributed by atoms with Crippen LogP contribution in [0.1, 0.15) is 25.0 Å². The van der Waals surface area contributed by atoms with Crippen LogP contribution >= 0.6 is 7.92 Å². The summed E-state index contributed by atoms with van der Waals surface area (Å²) in [5.74, 6) is 0. The van der Waals surface area contributed by atoms with Crippen molar-refractivity contribution in [3.05, 3.63) is 29.3 Å². The number of aryl methyl sites for hydroxylation is 2. The molecule has 0 heterocycles. The molecule has 0 aromatic heterocycles. The SMILES string of the molecule is CCP(CC)c1ccc(C)cc1C. The first-order valence-corrected chi connectivity index (χ1v) is 6.72. The highest BCUT2D eigenvalue weighted by Gasteiger charge is 2.08. The summed E-state index contributed by atoms with van der Waals surface area (Å²) in [7, 11) is 0.115. The molecule has 72 valence electrons. The van der Waals surface area contributed by atoms with Gasteiger partial charge in [-0.3, -0.25) is 0 Å². The van der Waals surface area contributed by atoms with E-state index in [0.29, 0.717) is 0 Å². The van der Waals surface area contributed by atoms with Gasteiger partial charge in [0.2, 0.25) is 0 Å². The van der Waals surface area contributed by atoms with Crippen molar-refractivity contribution < 1.29 is 0 Å². The zero-order valence-electron chi connectivity index (χ0n) is 9.09. The number of benzene rings is 1. The van der Waals surface area contributed by atoms with E-state index in [1.54, 1.807) is 5.30 Å². The van der Waals surface area contributed by atoms with Gasteiger partial charge in [0.15, 0.2) is 0 Å². The fourth-order valence-electron chi connectivity index (χ4n) is 1.72. The summed E-state index contributed by atoms with van der Waals surface area (Å²) in [5.41, 5.74) is 2.86. The van der Waals surface area contributed by atoms with Gasteiger partial charge in [-0.2, -0.15) is 0 Å². The van der Waals surface area contributed by atoms with Gasteiger partial charge < -0.3 is 0 Å². The summed E-state index contributed by atoms with van der Waals surface area (Å²) in [6.45, 7) is 9.00. The maximum atomic E-state index is 2.32. The molecule has 0 aliphatic rings. The van der Waals surface area contributed by atoms with Crippen LogP contribution in [0, 0.1) is 13.8 Å². The van der Waals surface area contributed by atoms with E-state index in [4.69, 9.17) is 0 Å². The van der Waals surface area contributed by atoms with Crippen LogP contribution in [0.2, 0.25) is 0 Å². The van der Waals surface area contributed by atoms with E-state index in [2.05, 4.69) is 45.9 Å². The second-order valence-electron chi connectivity index (χ2n) is 3.46. The van der Waals surface area contributed by atoms with Gasteiger partial charge in [0, 0.05) is 0 Å². The quantitative estimate of drug-likeness (QED) is 0.646. The van der Waals surface area contributed by atoms with E-state index in [9.17, 15) is 0 Å². The summed E-state index contributed by atoms with van der Waals surface area (Å²) >= 11 is 0. The molecule has 0 spiro atoms. The highest BCUT2D eigenvalue weighted by atomic mass is 31.1. The lowest BCUT2D eigenvalue weighted by Gasteiger charge is -2.16. The van der Waals surface area contributed by atoms with E-state index in [0.717, 1.165) is 0 Å². The zero-order valence-corrected chi connectivity index (χ0v) is 9.99. The maximum Gasteiger partial charge on any atom is -0.0211 e. The minimum Gasteiger partial charge on any atom is -0.0756 e. The molecular weight excluding hydrogens is 175 g/mol. The standard InChI is InChI=1S/C12H19P/c1-5-13(6-2)12-8-7-10(3)9-11(12)4/h7-9H,5-6H2,1-4H3. The lowest BCUT2D eigenvalue weighted by molar-refractivity contribution is 1.38. The molecular formula is C12H19P. The summed E-state index contributed by atoms with van der Waals surface area (Å²) in [5, 5.41) is 1.60. The highest BCUT2D eigenvalue weighted by Crippen LogP contribution is 2.34. The predicted molar refractivity (Wildman–Crippen MR) is 63.6 cm³/mol. The molecule has 1 aromatic carbocycles. The van der Waals surface area contributed by atoms with Gasteiger partial charge in [0.1, 0.15) is 0 Å². The molecule has 1 aromatic rings. The van der Waals surface area contributed by atoms with Crippen LogP contribution in [0.4, 0.5) is 0 Å². The van der Waals surface area contributed by atoms with E-state index in [-0.39, 0.29) is 7.92 Å². The number of hydrogen-bond donors (Lipinski definition) is 0. The Morgan fingerprint density at radius 1 is 1.08 bits per heavy atom. The molecule has 0 fully saturated rings. The van der Waals surface area contributed by atoms with Crippen molar-refractivity contribution in [2.24, 2.45) is 0 Å². The Kier molecular flexibility index (Phi) is 3.93. The lowest BCUT2D eigenvalue weighted by atomic mass is 10.2. The summed E-state index contributed by atoms with van der Waals surface area (Å²) in [6, 6.07) is 6.86. The normalized spacial score (nSPS) is 10.8. The van der Waals surface area contributed by atoms with Crippen molar-refractivity contribution in [1.82, 2.24) is 0 Å². The molecule has 0 atom stereocenters. The summed E-state index contributed by atoms with van der Waals surface area (Å²) in [4.78, 5) is 0. The van der Waals surface area contributed by atoms with Gasteiger partial charge in [-0.05, 0) is 37.0 Å². The predicted octanol–water partition coefficient (Wildman–Crippen LogP) is 3.45. The lowest BCUT2D eigenvalue weighted by Crippen LogP contribution is -2.08. The van der Waals surface area contributed by atoms with E-state index in [1.807, 2.05) is 0 Å². The van der Waals surface area contributed by atoms with Crippen molar-refractivity contribution in [2.45, 2.75) is 27.7 Å². The third kappa shape index (κ3) is 2.54. The van der Waals surface area contributed by atoms with Crippen LogP contribution in [0.3, 0.4) is 0 Å². The van der Waals surface area contributed by atoms with E-state index in [1.165, 1.54) is 23.5 Å². The largest absolute Gasteiger partial charge is 0.0756 e. The third-order valence-electron chi connectivity index (χ3n) is 2.46. The number of rotatable bonds is 3. The van der Waals surface area contributed by atoms with Crippen molar-refractivity contribution in [3.63, 3.8) is 0 Å². The van der Waals surface area contributed by atoms with Crippen LogP contribution < -0.4 is 5.30 Å². The van der Waals surface area contributed by atoms with Gasteiger partial charge in [0.05, 0.1) is 0 Å². The molecule has 0 radical (unpaired) electrons. The topological polar surface area (TPSA) is 0 Å². The molecule has 1 heteroatoms. The highest BCUT2D eigenvalue weighted by molar-refractivity contribution is 7.65. The van der Waals surface area contributed by atoms with Crippen LogP contribution in [0.5, 0.6) is 0 Å². The molecule has 0 saturated heterocycles. The molecule has 0 saturated carbocycles. The first-order valence-electron chi connectivity index (χ1n) is 5.01. The number of hydrogen-bond acceptors (Lipinski definition) is 0. The van der Waals surface area contributed by atoms with Crippen LogP contribution in [-0.4, -0.2) is 12.3 Å². The minimum atomic E-state index is 0.115. The second-order valence-corrected chi connectivity index (χ2v) is 6.29. The minimum absolute atomic E-state index is 0.115. The Labute approximate surface area is 83.1 Å². The molecule has 0 aliphatic heterocycles. The third-order valence-corrected chi connectivity index (χ3v) is 5.17. The zero-order chi connectivity index (χ0) is 9.84. The molecule has 0 unspecified atom stereocenters. The van der Waals surface area contributed by atoms with E-state index < -0.39 is 0 Å². The average Bonchev–Trinajstić information content (AvgIpc) is 2.10. The molecule has 1 rings (SSSR count). The van der Waals surface area contributed by atoms with Crippen LogP contribution in [0.15, 0.2) is 18.2 Å². The van der Waals surface area contributed by atoms with Gasteiger partial charge in [0.25, 0.3) is 0 Å². The summed E-state index contributed by atoms with van der Waals surface area (Å²) < 4.78 is 0. The Hall–Kier alpha value is -0.350. The molecule has 0 aliphatic carbocycles. The van der Waals surface area contributed by atoms with Gasteiger partial charge in [-0.1, -0.05) is 45.5 Å². The Morgan fingerprint density at radius 2 is 1.69 bits per heavy atom. The van der Waals surface area contributed by atoms with Crippen molar-refractivity contribution >= 4 is 13.2 Å². The molecule has 0 N–H and O–H groups in total. The van der Waals surface area contributed by atoms with Gasteiger partial charge in [-0.25, -0.2) is 0 Å². The Balaban J connectivity index is 2.99. The van der Waals surface area contributed by atoms with Crippen molar-refractivity contribution in [3.8, 4) is 0 Å². The van der Waals surface area contributed by atoms with Gasteiger partial charge in [-0.15, -0.1) is 0 Å². The fraction of sp³-hybridized carbons (Fsp3) is 0.500. The van der Waals surface area contributed by atoms with E-state index >= 15 is 0 Å². The molecule has 0 bridgehead atoms. The Bertz CT molecular complexity index is 274. The summed E-state index contributed by atoms with van der Waals surface area (Å²) in [6.07, 6.45) is 2.63. The maximum absolute atomic E-state index is 2.32. The fourth-order valence-corrected chi connectivity index (χ4v) is 3.70. The second kappa shape index (κ2) is 4.77. The van der Waals surface area contributed by atoms with Crippen molar-refractivity contribution in [2.75, 3.05) is 12.3 Å². The first kappa shape index (κ1) is 10.7. The molecule has 13 heavy (non-hydrogen) atoms. The average molecular weight is 194 g/mol. The van der Waals surface area contributed by atoms with Crippen LogP contribution in [0.25, 0.3) is 0 Å². The first-order chi connectivity index (χ1) is 6.19. The Morgan fingerprint density at radius 3 is 2.15 bits per heavy atom. The monoisotopic (exact) mass is 194 g/mol. The molecule has 0 amide bonds.